The average Bonchev–Trinajstić information content (AvgIpc) is 1.88. The third-order valence-corrected chi connectivity index (χ3v) is 0.715. The molecule has 10 N–H and O–H groups in total. The molecule has 2 atom stereocenters. The molecule has 0 spiro atoms. The van der Waals surface area contributed by atoms with E-state index in [0.29, 0.717) is 0 Å². The van der Waals surface area contributed by atoms with Gasteiger partial charge >= 0.3 is 33.7 Å². The van der Waals surface area contributed by atoms with E-state index in [0.717, 1.165) is 0 Å². The molecular weight excluding hydrogens is 262 g/mol. The molecule has 2 unspecified atom stereocenters. The molecule has 0 aliphatic rings. The molecule has 16 heavy (non-hydrogen) atoms. The Morgan fingerprint density at radius 2 is 0.938 bits per heavy atom. The molecule has 9 nitrogen and oxygen atoms in total. The first-order chi connectivity index (χ1) is 5.29. The fourth-order valence-electron chi connectivity index (χ4n) is 0. The zero-order valence-corrected chi connectivity index (χ0v) is 10.7. The quantitative estimate of drug-likeness (QED) is 0.391. The van der Waals surface area contributed by atoms with E-state index in [9.17, 15) is 9.59 Å². The predicted octanol–water partition coefficient (Wildman–Crippen LogP) is -1.08. The van der Waals surface area contributed by atoms with E-state index in [2.05, 4.69) is 0 Å². The summed E-state index contributed by atoms with van der Waals surface area (Å²) in [7, 11) is 0. The molecule has 0 saturated heterocycles. The van der Waals surface area contributed by atoms with Crippen LogP contribution in [0.2, 0.25) is 0 Å². The van der Waals surface area contributed by atoms with Crippen molar-refractivity contribution in [2.45, 2.75) is 26.1 Å². The Morgan fingerprint density at radius 3 is 0.938 bits per heavy atom. The van der Waals surface area contributed by atoms with Crippen LogP contribution in [0.3, 0.4) is 0 Å². The summed E-state index contributed by atoms with van der Waals surface area (Å²) in [5.41, 5.74) is 0. The van der Waals surface area contributed by atoms with Gasteiger partial charge in [-0.25, -0.2) is 9.59 Å². The Hall–Kier alpha value is -0.546. The molecule has 0 aromatic carbocycles. The van der Waals surface area contributed by atoms with Gasteiger partial charge in [-0.15, -0.1) is 0 Å². The van der Waals surface area contributed by atoms with Crippen LogP contribution in [-0.2, 0) is 31.3 Å². The first-order valence-corrected chi connectivity index (χ1v) is 3.10. The summed E-state index contributed by atoms with van der Waals surface area (Å²) in [6.07, 6.45) is -2.46. The van der Waals surface area contributed by atoms with Crippen molar-refractivity contribution in [1.29, 1.82) is 0 Å². The van der Waals surface area contributed by atoms with Gasteiger partial charge in [0.25, 0.3) is 0 Å². The first-order valence-electron chi connectivity index (χ1n) is 3.10. The Kier molecular flexibility index (Phi) is 45.0. The van der Waals surface area contributed by atoms with Crippen LogP contribution in [0.25, 0.3) is 0 Å². The van der Waals surface area contributed by atoms with E-state index in [4.69, 9.17) is 20.4 Å². The number of quaternary nitrogens is 1. The van der Waals surface area contributed by atoms with Crippen LogP contribution < -0.4 is 6.15 Å². The number of carboxylic acids is 2. The van der Waals surface area contributed by atoms with Crippen LogP contribution in [0.1, 0.15) is 13.8 Å². The Bertz CT molecular complexity index is 145. The van der Waals surface area contributed by atoms with E-state index in [-0.39, 0.29) is 38.8 Å². The Labute approximate surface area is 107 Å². The summed E-state index contributed by atoms with van der Waals surface area (Å²) in [6.45, 7) is 2.39. The van der Waals surface area contributed by atoms with Gasteiger partial charge in [-0.05, 0) is 13.8 Å². The number of carboxylic acid groups (broad SMARTS) is 2. The van der Waals surface area contributed by atoms with Crippen molar-refractivity contribution in [3.05, 3.63) is 0 Å². The van der Waals surface area contributed by atoms with Crippen molar-refractivity contribution in [1.82, 2.24) is 6.15 Å². The van der Waals surface area contributed by atoms with Gasteiger partial charge in [-0.2, -0.15) is 0 Å². The minimum atomic E-state index is -1.23. The van der Waals surface area contributed by atoms with Gasteiger partial charge in [0.1, 0.15) is 12.2 Å². The Balaban J connectivity index is -0.0000000250. The number of aliphatic hydroxyl groups is 2. The van der Waals surface area contributed by atoms with Crippen molar-refractivity contribution < 1.29 is 62.7 Å². The van der Waals surface area contributed by atoms with Crippen LogP contribution in [0.4, 0.5) is 0 Å². The first kappa shape index (κ1) is 36.1. The normalized spacial score (nSPS) is 10.2. The smallest absolute Gasteiger partial charge is 0.870 e. The number of carbonyl (C=O) groups is 2. The molecule has 0 amide bonds. The number of aliphatic carboxylic acids is 2. The zero-order valence-electron chi connectivity index (χ0n) is 9.15. The van der Waals surface area contributed by atoms with Crippen molar-refractivity contribution >= 4 is 11.9 Å². The van der Waals surface area contributed by atoms with Gasteiger partial charge < -0.3 is 37.5 Å². The van der Waals surface area contributed by atoms with Gasteiger partial charge in [-0.1, -0.05) is 0 Å². The molecule has 0 aromatic heterocycles. The summed E-state index contributed by atoms with van der Waals surface area (Å²) < 4.78 is 0. The topological polar surface area (TPSA) is 212 Å². The van der Waals surface area contributed by atoms with Gasteiger partial charge in [0.2, 0.25) is 0 Å². The largest absolute Gasteiger partial charge is 1.00 e. The van der Waals surface area contributed by atoms with E-state index in [1.165, 1.54) is 13.8 Å². The molecule has 0 rings (SSSR count). The molecular formula is C6H18NO8Ti. The number of rotatable bonds is 2. The van der Waals surface area contributed by atoms with E-state index in [1.807, 2.05) is 0 Å². The molecule has 99 valence electrons. The third kappa shape index (κ3) is 37.6. The molecule has 0 aromatic rings. The van der Waals surface area contributed by atoms with Gasteiger partial charge in [0, 0.05) is 0 Å². The summed E-state index contributed by atoms with van der Waals surface area (Å²) in [4.78, 5) is 18.9. The monoisotopic (exact) mass is 280 g/mol. The minimum absolute atomic E-state index is 0. The second-order valence-corrected chi connectivity index (χ2v) is 2.03. The maximum absolute atomic E-state index is 9.45. The number of hydrogen-bond donors (Lipinski definition) is 5. The van der Waals surface area contributed by atoms with E-state index < -0.39 is 24.1 Å². The molecule has 0 aliphatic carbocycles. The molecule has 0 aliphatic heterocycles. The van der Waals surface area contributed by atoms with Crippen molar-refractivity contribution in [3.63, 3.8) is 0 Å². The SMILES string of the molecule is CC(O)C(=O)O.CC(O)C(=O)O.[NH4+].[OH-].[OH-].[Ti+]. The van der Waals surface area contributed by atoms with E-state index >= 15 is 0 Å². The third-order valence-electron chi connectivity index (χ3n) is 0.715. The number of aliphatic hydroxyl groups excluding tert-OH is 2. The van der Waals surface area contributed by atoms with Crippen molar-refractivity contribution in [2.24, 2.45) is 0 Å². The van der Waals surface area contributed by atoms with Crippen LogP contribution in [0, 0.1) is 0 Å². The fourth-order valence-corrected chi connectivity index (χ4v) is 0. The molecule has 0 heterocycles. The fraction of sp³-hybridized carbons (Fsp3) is 0.667. The van der Waals surface area contributed by atoms with Crippen molar-refractivity contribution in [2.75, 3.05) is 0 Å². The van der Waals surface area contributed by atoms with E-state index in [1.54, 1.807) is 0 Å². The van der Waals surface area contributed by atoms with Crippen LogP contribution >= 0.6 is 0 Å². The van der Waals surface area contributed by atoms with Crippen LogP contribution in [-0.4, -0.2) is 55.5 Å². The minimum Gasteiger partial charge on any atom is -0.870 e. The second-order valence-electron chi connectivity index (χ2n) is 2.03. The molecule has 0 bridgehead atoms. The summed E-state index contributed by atoms with van der Waals surface area (Å²) in [5.74, 6) is -2.37. The predicted molar refractivity (Wildman–Crippen MR) is 48.5 cm³/mol. The average molecular weight is 280 g/mol. The summed E-state index contributed by atoms with van der Waals surface area (Å²) in [6, 6.07) is 0. The molecule has 1 radical (unpaired) electrons. The molecule has 10 heteroatoms. The van der Waals surface area contributed by atoms with Crippen LogP contribution in [0.5, 0.6) is 0 Å². The molecule has 0 fully saturated rings. The zero-order chi connectivity index (χ0) is 10.3. The summed E-state index contributed by atoms with van der Waals surface area (Å²) in [5, 5.41) is 31.5. The maximum atomic E-state index is 9.45. The van der Waals surface area contributed by atoms with Gasteiger partial charge in [-0.3, -0.25) is 0 Å². The van der Waals surface area contributed by atoms with Gasteiger partial charge in [0.05, 0.1) is 0 Å². The maximum Gasteiger partial charge on any atom is 1.00 e. The molecule has 0 saturated carbocycles. The Morgan fingerprint density at radius 1 is 0.875 bits per heavy atom. The standard InChI is InChI=1S/2C3H6O3.H3N.2H2O.Ti/c2*1-2(4)3(5)6;;;;/h2*2,4H,1H3,(H,5,6);1H3;2*1H2;/q;;;;;+1/p-1. The van der Waals surface area contributed by atoms with Crippen LogP contribution in [0.15, 0.2) is 0 Å². The summed E-state index contributed by atoms with van der Waals surface area (Å²) >= 11 is 0. The number of hydrogen-bond acceptors (Lipinski definition) is 6. The second kappa shape index (κ2) is 19.9. The van der Waals surface area contributed by atoms with Gasteiger partial charge in [0.15, 0.2) is 0 Å². The van der Waals surface area contributed by atoms with Crippen molar-refractivity contribution in [3.8, 4) is 0 Å².